The van der Waals surface area contributed by atoms with E-state index in [2.05, 4.69) is 10.6 Å². The summed E-state index contributed by atoms with van der Waals surface area (Å²) in [4.78, 5) is 24.6. The van der Waals surface area contributed by atoms with Crippen LogP contribution in [-0.4, -0.2) is 17.6 Å². The molecule has 4 nitrogen and oxygen atoms in total. The molecule has 25 heavy (non-hydrogen) atoms. The Balaban J connectivity index is 1.64. The van der Waals surface area contributed by atoms with Crippen molar-refractivity contribution in [3.05, 3.63) is 58.6 Å². The maximum atomic E-state index is 12.4. The van der Waals surface area contributed by atoms with E-state index in [1.807, 2.05) is 30.3 Å². The zero-order chi connectivity index (χ0) is 17.8. The second-order valence-electron chi connectivity index (χ2n) is 5.99. The first-order valence-corrected chi connectivity index (χ1v) is 9.46. The molecule has 1 aliphatic heterocycles. The van der Waals surface area contributed by atoms with E-state index in [0.717, 1.165) is 29.0 Å². The Kier molecular flexibility index (Phi) is 5.66. The van der Waals surface area contributed by atoms with E-state index in [-0.39, 0.29) is 17.9 Å². The monoisotopic (exact) mass is 374 g/mol. The molecule has 0 bridgehead atoms. The molecule has 0 spiro atoms. The number of halogens is 1. The summed E-state index contributed by atoms with van der Waals surface area (Å²) < 4.78 is 0. The Morgan fingerprint density at radius 3 is 2.68 bits per heavy atom. The number of hydrogen-bond donors (Lipinski definition) is 2. The number of benzene rings is 2. The van der Waals surface area contributed by atoms with Gasteiger partial charge >= 0.3 is 0 Å². The normalized spacial score (nSPS) is 16.0. The Morgan fingerprint density at radius 1 is 1.20 bits per heavy atom. The largest absolute Gasteiger partial charge is 0.349 e. The molecule has 2 amide bonds. The third-order valence-electron chi connectivity index (χ3n) is 3.99. The second kappa shape index (κ2) is 7.93. The Morgan fingerprint density at radius 2 is 1.96 bits per heavy atom. The van der Waals surface area contributed by atoms with E-state index in [1.54, 1.807) is 23.9 Å². The molecule has 6 heteroatoms. The molecule has 0 saturated carbocycles. The fourth-order valence-corrected chi connectivity index (χ4v) is 4.14. The summed E-state index contributed by atoms with van der Waals surface area (Å²) in [5, 5.41) is 6.52. The van der Waals surface area contributed by atoms with Crippen molar-refractivity contribution in [1.82, 2.24) is 5.32 Å². The van der Waals surface area contributed by atoms with Gasteiger partial charge in [-0.2, -0.15) is 0 Å². The number of hydrogen-bond acceptors (Lipinski definition) is 3. The van der Waals surface area contributed by atoms with Crippen LogP contribution < -0.4 is 10.6 Å². The summed E-state index contributed by atoms with van der Waals surface area (Å²) >= 11 is 7.90. The van der Waals surface area contributed by atoms with Crippen LogP contribution in [0.2, 0.25) is 5.02 Å². The molecule has 3 rings (SSSR count). The van der Waals surface area contributed by atoms with E-state index in [0.29, 0.717) is 11.4 Å². The van der Waals surface area contributed by atoms with E-state index >= 15 is 0 Å². The van der Waals surface area contributed by atoms with Gasteiger partial charge in [0.25, 0.3) is 0 Å². The summed E-state index contributed by atoms with van der Waals surface area (Å²) in [7, 11) is 0. The minimum absolute atomic E-state index is 0.00102. The molecule has 0 fully saturated rings. The summed E-state index contributed by atoms with van der Waals surface area (Å²) in [5.41, 5.74) is 2.73. The molecule has 2 aromatic rings. The van der Waals surface area contributed by atoms with Crippen molar-refractivity contribution in [2.75, 3.05) is 11.1 Å². The summed E-state index contributed by atoms with van der Waals surface area (Å²) in [6.45, 7) is 1.47. The second-order valence-corrected chi connectivity index (χ2v) is 7.57. The van der Waals surface area contributed by atoms with Crippen LogP contribution in [0.3, 0.4) is 0 Å². The van der Waals surface area contributed by atoms with Crippen LogP contribution in [0.5, 0.6) is 0 Å². The van der Waals surface area contributed by atoms with Crippen LogP contribution in [0.15, 0.2) is 47.4 Å². The van der Waals surface area contributed by atoms with Gasteiger partial charge in [-0.25, -0.2) is 0 Å². The first-order chi connectivity index (χ1) is 12.0. The molecule has 1 unspecified atom stereocenters. The minimum atomic E-state index is -0.113. The van der Waals surface area contributed by atoms with Gasteiger partial charge in [0.05, 0.1) is 12.5 Å². The molecule has 0 saturated heterocycles. The highest BCUT2D eigenvalue weighted by Gasteiger charge is 2.22. The molecule has 0 radical (unpaired) electrons. The lowest BCUT2D eigenvalue weighted by molar-refractivity contribution is -0.121. The van der Waals surface area contributed by atoms with Crippen LogP contribution >= 0.6 is 23.4 Å². The van der Waals surface area contributed by atoms with Gasteiger partial charge in [-0.15, -0.1) is 11.8 Å². The number of thioether (sulfide) groups is 1. The van der Waals surface area contributed by atoms with Crippen molar-refractivity contribution in [3.63, 3.8) is 0 Å². The highest BCUT2D eigenvalue weighted by molar-refractivity contribution is 7.99. The van der Waals surface area contributed by atoms with Crippen LogP contribution in [0, 0.1) is 0 Å². The summed E-state index contributed by atoms with van der Waals surface area (Å²) in [6.07, 6.45) is 1.20. The predicted molar refractivity (Wildman–Crippen MR) is 102 cm³/mol. The lowest BCUT2D eigenvalue weighted by Crippen LogP contribution is -2.31. The quantitative estimate of drug-likeness (QED) is 0.843. The third-order valence-corrected chi connectivity index (χ3v) is 5.34. The topological polar surface area (TPSA) is 58.2 Å². The Labute approximate surface area is 156 Å². The van der Waals surface area contributed by atoms with Crippen molar-refractivity contribution in [1.29, 1.82) is 0 Å². The van der Waals surface area contributed by atoms with E-state index in [9.17, 15) is 9.59 Å². The highest BCUT2D eigenvalue weighted by Crippen LogP contribution is 2.37. The van der Waals surface area contributed by atoms with Gasteiger partial charge in [0.15, 0.2) is 0 Å². The van der Waals surface area contributed by atoms with Crippen molar-refractivity contribution < 1.29 is 9.59 Å². The van der Waals surface area contributed by atoms with Crippen molar-refractivity contribution >= 4 is 40.9 Å². The first kappa shape index (κ1) is 17.8. The molecule has 1 aliphatic rings. The third kappa shape index (κ3) is 4.77. The van der Waals surface area contributed by atoms with Gasteiger partial charge < -0.3 is 10.6 Å². The zero-order valence-corrected chi connectivity index (χ0v) is 15.4. The minimum Gasteiger partial charge on any atom is -0.349 e. The molecular formula is C19H19ClN2O2S. The summed E-state index contributed by atoms with van der Waals surface area (Å²) in [6, 6.07) is 13.2. The van der Waals surface area contributed by atoms with Gasteiger partial charge in [-0.3, -0.25) is 9.59 Å². The van der Waals surface area contributed by atoms with E-state index < -0.39 is 0 Å². The van der Waals surface area contributed by atoms with Gasteiger partial charge in [0.1, 0.15) is 0 Å². The number of fused-ring (bicyclic) bond motifs is 1. The van der Waals surface area contributed by atoms with Crippen molar-refractivity contribution in [2.45, 2.75) is 30.7 Å². The van der Waals surface area contributed by atoms with Gasteiger partial charge in [0, 0.05) is 28.3 Å². The fraction of sp³-hybridized carbons (Fsp3) is 0.263. The van der Waals surface area contributed by atoms with Crippen LogP contribution in [-0.2, 0) is 16.0 Å². The molecular weight excluding hydrogens is 356 g/mol. The maximum absolute atomic E-state index is 12.4. The van der Waals surface area contributed by atoms with Crippen LogP contribution in [0.1, 0.15) is 30.5 Å². The molecule has 2 aromatic carbocycles. The highest BCUT2D eigenvalue weighted by atomic mass is 35.5. The first-order valence-electron chi connectivity index (χ1n) is 8.09. The summed E-state index contributed by atoms with van der Waals surface area (Å²) in [5.74, 6) is 0.846. The molecule has 1 atom stereocenters. The van der Waals surface area contributed by atoms with Crippen LogP contribution in [0.25, 0.3) is 0 Å². The van der Waals surface area contributed by atoms with Gasteiger partial charge in [-0.05, 0) is 47.9 Å². The van der Waals surface area contributed by atoms with E-state index in [4.69, 9.17) is 11.6 Å². The van der Waals surface area contributed by atoms with Crippen LogP contribution in [0.4, 0.5) is 5.69 Å². The number of rotatable bonds is 4. The van der Waals surface area contributed by atoms with Crippen molar-refractivity contribution in [3.8, 4) is 0 Å². The average Bonchev–Trinajstić information content (AvgIpc) is 2.57. The molecule has 0 aromatic heterocycles. The number of amides is 2. The number of carbonyl (C=O) groups excluding carboxylic acids is 2. The number of anilines is 1. The number of nitrogens with one attached hydrogen (secondary N) is 2. The smallest absolute Gasteiger partial charge is 0.224 e. The van der Waals surface area contributed by atoms with E-state index in [1.165, 1.54) is 11.8 Å². The predicted octanol–water partition coefficient (Wildman–Crippen LogP) is 4.19. The van der Waals surface area contributed by atoms with Crippen molar-refractivity contribution in [2.24, 2.45) is 0 Å². The Bertz CT molecular complexity index is 793. The fourth-order valence-electron chi connectivity index (χ4n) is 2.86. The average molecular weight is 375 g/mol. The lowest BCUT2D eigenvalue weighted by Gasteiger charge is -2.26. The van der Waals surface area contributed by atoms with Gasteiger partial charge in [0.2, 0.25) is 11.8 Å². The zero-order valence-electron chi connectivity index (χ0n) is 13.8. The molecule has 0 aliphatic carbocycles. The number of carbonyl (C=O) groups is 2. The standard InChI is InChI=1S/C19H19ClN2O2S/c1-12(23)21-15-5-2-13(3-6-15)10-19(24)22-17-8-9-25-18-7-4-14(20)11-16(17)18/h2-7,11,17H,8-10H2,1H3,(H,21,23)(H,22,24). The molecule has 130 valence electrons. The maximum Gasteiger partial charge on any atom is 0.224 e. The van der Waals surface area contributed by atoms with Gasteiger partial charge in [-0.1, -0.05) is 23.7 Å². The molecule has 2 N–H and O–H groups in total. The Hall–Kier alpha value is -1.98. The SMILES string of the molecule is CC(=O)Nc1ccc(CC(=O)NC2CCSc3ccc(Cl)cc32)cc1. The molecule has 1 heterocycles. The lowest BCUT2D eigenvalue weighted by atomic mass is 10.0.